The first-order chi connectivity index (χ1) is 17.4. The van der Waals surface area contributed by atoms with E-state index in [4.69, 9.17) is 25.8 Å². The first-order valence-corrected chi connectivity index (χ1v) is 15.5. The molecule has 6 heteroatoms. The number of hydrogen-bond donors (Lipinski definition) is 0. The topological polar surface area (TPSA) is 61.8 Å². The first kappa shape index (κ1) is 27.7. The molecule has 0 aromatic rings. The molecule has 4 aliphatic carbocycles. The van der Waals surface area contributed by atoms with Crippen molar-refractivity contribution in [2.45, 2.75) is 136 Å². The van der Waals surface area contributed by atoms with Gasteiger partial charge in [-0.15, -0.1) is 11.6 Å². The Kier molecular flexibility index (Phi) is 7.49. The molecule has 0 unspecified atom stereocenters. The second-order valence-electron chi connectivity index (χ2n) is 14.1. The quantitative estimate of drug-likeness (QED) is 0.253. The van der Waals surface area contributed by atoms with E-state index in [1.54, 1.807) is 0 Å². The Morgan fingerprint density at radius 2 is 1.70 bits per heavy atom. The lowest BCUT2D eigenvalue weighted by atomic mass is 9.43. The summed E-state index contributed by atoms with van der Waals surface area (Å²) in [5.41, 5.74) is -0.0422. The van der Waals surface area contributed by atoms with Crippen LogP contribution in [0.5, 0.6) is 0 Å². The highest BCUT2D eigenvalue weighted by Crippen LogP contribution is 2.74. The lowest BCUT2D eigenvalue weighted by Crippen LogP contribution is -2.65. The minimum atomic E-state index is -0.664. The summed E-state index contributed by atoms with van der Waals surface area (Å²) in [7, 11) is 0. The lowest BCUT2D eigenvalue weighted by Gasteiger charge is -2.62. The zero-order chi connectivity index (χ0) is 26.8. The molecule has 0 N–H and O–H groups in total. The van der Waals surface area contributed by atoms with Gasteiger partial charge in [0.05, 0.1) is 16.4 Å². The molecule has 5 fully saturated rings. The van der Waals surface area contributed by atoms with Crippen LogP contribution >= 0.6 is 11.6 Å². The van der Waals surface area contributed by atoms with Crippen LogP contribution < -0.4 is 0 Å². The molecule has 0 amide bonds. The number of carbonyl (C=O) groups excluding carboxylic acids is 2. The second kappa shape index (κ2) is 9.98. The fourth-order valence-corrected chi connectivity index (χ4v) is 11.0. The van der Waals surface area contributed by atoms with Crippen LogP contribution in [-0.2, 0) is 23.8 Å². The SMILES string of the molecule is CC(=O)O[C@H]1CC[C@]23[C@H](OC(C)=O)O[C@H](C[C@H]4[C@@H]5CC[C@H]([C@H](C)CCCC(C)C)[C@@]5(C)CC[C@@H]42)[C@@]3(Cl)C1. The second-order valence-corrected chi connectivity index (χ2v) is 14.8. The van der Waals surface area contributed by atoms with E-state index in [1.807, 2.05) is 0 Å². The molecule has 4 saturated carbocycles. The number of rotatable bonds is 7. The van der Waals surface area contributed by atoms with Crippen LogP contribution in [0.15, 0.2) is 0 Å². The predicted molar refractivity (Wildman–Crippen MR) is 144 cm³/mol. The van der Waals surface area contributed by atoms with Crippen molar-refractivity contribution < 1.29 is 23.8 Å². The van der Waals surface area contributed by atoms with Gasteiger partial charge in [0.15, 0.2) is 0 Å². The van der Waals surface area contributed by atoms with Gasteiger partial charge in [-0.2, -0.15) is 0 Å². The third kappa shape index (κ3) is 4.37. The number of ether oxygens (including phenoxy) is 3. The molecule has 0 aromatic heterocycles. The van der Waals surface area contributed by atoms with Gasteiger partial charge in [-0.3, -0.25) is 9.59 Å². The summed E-state index contributed by atoms with van der Waals surface area (Å²) in [4.78, 5) is 23.3. The summed E-state index contributed by atoms with van der Waals surface area (Å²) < 4.78 is 18.2. The van der Waals surface area contributed by atoms with Crippen LogP contribution in [0.3, 0.4) is 0 Å². The van der Waals surface area contributed by atoms with E-state index in [-0.39, 0.29) is 24.1 Å². The van der Waals surface area contributed by atoms with Crippen molar-refractivity contribution in [3.05, 3.63) is 0 Å². The van der Waals surface area contributed by atoms with Crippen LogP contribution in [-0.4, -0.2) is 35.3 Å². The average Bonchev–Trinajstić information content (AvgIpc) is 3.20. The van der Waals surface area contributed by atoms with Gasteiger partial charge in [0.25, 0.3) is 0 Å². The van der Waals surface area contributed by atoms with Gasteiger partial charge < -0.3 is 14.2 Å². The van der Waals surface area contributed by atoms with Gasteiger partial charge in [-0.25, -0.2) is 0 Å². The Hall–Kier alpha value is -0.810. The molecule has 37 heavy (non-hydrogen) atoms. The van der Waals surface area contributed by atoms with Crippen molar-refractivity contribution in [2.75, 3.05) is 0 Å². The number of esters is 2. The molecule has 5 nitrogen and oxygen atoms in total. The van der Waals surface area contributed by atoms with Gasteiger partial charge in [0.1, 0.15) is 6.10 Å². The van der Waals surface area contributed by atoms with Crippen molar-refractivity contribution >= 4 is 23.5 Å². The maximum Gasteiger partial charge on any atom is 0.304 e. The standard InChI is InChI=1S/C31H49ClO5/c1-18(2)8-7-9-19(3)24-10-11-25-23-16-27-31(32)17-22(35-20(4)33)12-15-30(31,28(37-27)36-21(5)34)26(23)13-14-29(24,25)6/h18-19,22-28H,7-17H2,1-6H3/t19-,22+,23+,24-,25+,26+,27-,28-,29-,30-,31+/m1/s1. The lowest BCUT2D eigenvalue weighted by molar-refractivity contribution is -0.203. The van der Waals surface area contributed by atoms with Crippen molar-refractivity contribution in [3.8, 4) is 0 Å². The maximum absolute atomic E-state index is 12.2. The van der Waals surface area contributed by atoms with Gasteiger partial charge in [-0.1, -0.05) is 47.0 Å². The number of alkyl halides is 1. The van der Waals surface area contributed by atoms with Crippen LogP contribution in [0.2, 0.25) is 0 Å². The van der Waals surface area contributed by atoms with Gasteiger partial charge in [0, 0.05) is 20.3 Å². The van der Waals surface area contributed by atoms with Crippen molar-refractivity contribution in [1.82, 2.24) is 0 Å². The zero-order valence-corrected chi connectivity index (χ0v) is 24.6. The molecule has 1 heterocycles. The van der Waals surface area contributed by atoms with Gasteiger partial charge in [0.2, 0.25) is 6.29 Å². The molecule has 210 valence electrons. The van der Waals surface area contributed by atoms with E-state index in [0.717, 1.165) is 43.4 Å². The fraction of sp³-hybridized carbons (Fsp3) is 0.935. The van der Waals surface area contributed by atoms with Crippen molar-refractivity contribution in [2.24, 2.45) is 46.3 Å². The zero-order valence-electron chi connectivity index (χ0n) is 23.9. The normalized spacial score (nSPS) is 47.1. The minimum Gasteiger partial charge on any atom is -0.462 e. The average molecular weight is 537 g/mol. The van der Waals surface area contributed by atoms with E-state index in [2.05, 4.69) is 27.7 Å². The largest absolute Gasteiger partial charge is 0.462 e. The Morgan fingerprint density at radius 1 is 0.973 bits per heavy atom. The highest BCUT2D eigenvalue weighted by atomic mass is 35.5. The summed E-state index contributed by atoms with van der Waals surface area (Å²) in [6, 6.07) is 0. The third-order valence-corrected chi connectivity index (χ3v) is 12.5. The summed E-state index contributed by atoms with van der Waals surface area (Å²) in [5.74, 6) is 3.37. The van der Waals surface area contributed by atoms with Crippen LogP contribution in [0, 0.1) is 46.3 Å². The summed E-state index contributed by atoms with van der Waals surface area (Å²) in [6.45, 7) is 12.7. The Bertz CT molecular complexity index is 891. The summed E-state index contributed by atoms with van der Waals surface area (Å²) in [6.07, 6.45) is 11.0. The van der Waals surface area contributed by atoms with Gasteiger partial charge in [-0.05, 0) is 85.9 Å². The first-order valence-electron chi connectivity index (χ1n) is 15.1. The van der Waals surface area contributed by atoms with Gasteiger partial charge >= 0.3 is 11.9 Å². The molecule has 1 aliphatic heterocycles. The summed E-state index contributed by atoms with van der Waals surface area (Å²) >= 11 is 7.64. The fourth-order valence-electron chi connectivity index (χ4n) is 10.4. The number of halogens is 1. The highest BCUT2D eigenvalue weighted by Gasteiger charge is 2.77. The van der Waals surface area contributed by atoms with Crippen LogP contribution in [0.1, 0.15) is 112 Å². The highest BCUT2D eigenvalue weighted by molar-refractivity contribution is 6.25. The molecule has 5 aliphatic rings. The molecule has 1 saturated heterocycles. The van der Waals surface area contributed by atoms with Crippen molar-refractivity contribution in [1.29, 1.82) is 0 Å². The third-order valence-electron chi connectivity index (χ3n) is 11.8. The predicted octanol–water partition coefficient (Wildman–Crippen LogP) is 7.28. The maximum atomic E-state index is 12.2. The molecule has 0 aromatic carbocycles. The smallest absolute Gasteiger partial charge is 0.304 e. The molecule has 11 atom stereocenters. The molecule has 2 bridgehead atoms. The van der Waals surface area contributed by atoms with E-state index >= 15 is 0 Å². The van der Waals surface area contributed by atoms with E-state index < -0.39 is 16.6 Å². The Balaban J connectivity index is 1.41. The molecular weight excluding hydrogens is 488 g/mol. The number of fused-ring (bicyclic) bond motifs is 3. The Morgan fingerprint density at radius 3 is 2.38 bits per heavy atom. The van der Waals surface area contributed by atoms with E-state index in [9.17, 15) is 9.59 Å². The minimum absolute atomic E-state index is 0.178. The molecule has 5 rings (SSSR count). The Labute approximate surface area is 229 Å². The number of hydrogen-bond acceptors (Lipinski definition) is 5. The molecule has 0 radical (unpaired) electrons. The van der Waals surface area contributed by atoms with Crippen LogP contribution in [0.25, 0.3) is 0 Å². The van der Waals surface area contributed by atoms with E-state index in [1.165, 1.54) is 52.4 Å². The van der Waals surface area contributed by atoms with Crippen molar-refractivity contribution in [3.63, 3.8) is 0 Å². The van der Waals surface area contributed by atoms with Crippen LogP contribution in [0.4, 0.5) is 0 Å². The summed E-state index contributed by atoms with van der Waals surface area (Å²) in [5, 5.41) is 0. The molecular formula is C31H49ClO5. The molecule has 0 spiro atoms. The monoisotopic (exact) mass is 536 g/mol. The van der Waals surface area contributed by atoms with E-state index in [0.29, 0.717) is 29.6 Å². The number of carbonyl (C=O) groups is 2.